The lowest BCUT2D eigenvalue weighted by molar-refractivity contribution is 0.0696. The molecule has 1 N–H and O–H groups in total. The van der Waals surface area contributed by atoms with Crippen LogP contribution in [-0.4, -0.2) is 36.0 Å². The Morgan fingerprint density at radius 3 is 2.20 bits per heavy atom. The molecule has 0 saturated heterocycles. The smallest absolute Gasteiger partial charge is 0.335 e. The maximum absolute atomic E-state index is 12.1. The molecule has 1 fully saturated rings. The summed E-state index contributed by atoms with van der Waals surface area (Å²) in [4.78, 5) is 24.8. The highest BCUT2D eigenvalue weighted by molar-refractivity contribution is 5.97. The van der Waals surface area contributed by atoms with E-state index in [1.165, 1.54) is 30.2 Å². The number of hydrogen-bond acceptors (Lipinski definition) is 2. The second kappa shape index (κ2) is 6.07. The Hall–Kier alpha value is -1.84. The highest BCUT2D eigenvalue weighted by Gasteiger charge is 2.20. The van der Waals surface area contributed by atoms with Crippen molar-refractivity contribution in [2.45, 2.75) is 38.0 Å². The second-order valence-corrected chi connectivity index (χ2v) is 5.68. The first-order valence-electron chi connectivity index (χ1n) is 7.09. The van der Waals surface area contributed by atoms with E-state index in [9.17, 15) is 14.7 Å². The number of nitrogens with zero attached hydrogens (tertiary/aromatic N) is 1. The van der Waals surface area contributed by atoms with Gasteiger partial charge < -0.3 is 10.0 Å². The number of hydrogen-bond donors (Lipinski definition) is 1. The van der Waals surface area contributed by atoms with Gasteiger partial charge in [-0.15, -0.1) is 0 Å². The van der Waals surface area contributed by atoms with E-state index in [4.69, 9.17) is 0 Å². The largest absolute Gasteiger partial charge is 0.478 e. The summed E-state index contributed by atoms with van der Waals surface area (Å²) >= 11 is 0. The molecule has 0 bridgehead atoms. The molecule has 0 atom stereocenters. The molecule has 2 rings (SSSR count). The maximum Gasteiger partial charge on any atom is 0.335 e. The van der Waals surface area contributed by atoms with Crippen LogP contribution < -0.4 is 0 Å². The molecular weight excluding hydrogens is 254 g/mol. The van der Waals surface area contributed by atoms with Gasteiger partial charge in [0.05, 0.1) is 5.56 Å². The van der Waals surface area contributed by atoms with Gasteiger partial charge in [0.2, 0.25) is 0 Å². The molecule has 0 aliphatic heterocycles. The molecule has 4 heteroatoms. The molecule has 20 heavy (non-hydrogen) atoms. The van der Waals surface area contributed by atoms with E-state index < -0.39 is 5.97 Å². The number of aromatic carboxylic acids is 1. The topological polar surface area (TPSA) is 57.6 Å². The molecule has 1 saturated carbocycles. The van der Waals surface area contributed by atoms with Crippen molar-refractivity contribution >= 4 is 11.9 Å². The number of carbonyl (C=O) groups is 2. The predicted octanol–water partition coefficient (Wildman–Crippen LogP) is 3.13. The molecule has 1 aliphatic rings. The third kappa shape index (κ3) is 3.18. The molecule has 108 valence electrons. The summed E-state index contributed by atoms with van der Waals surface area (Å²) in [6.45, 7) is 0. The number of carbonyl (C=O) groups excluding carboxylic acids is 1. The van der Waals surface area contributed by atoms with E-state index in [0.29, 0.717) is 11.5 Å². The highest BCUT2D eigenvalue weighted by Crippen LogP contribution is 2.33. The summed E-state index contributed by atoms with van der Waals surface area (Å²) in [5.74, 6) is -0.739. The van der Waals surface area contributed by atoms with Gasteiger partial charge in [-0.1, -0.05) is 19.3 Å². The summed E-state index contributed by atoms with van der Waals surface area (Å²) in [5, 5.41) is 9.23. The Morgan fingerprint density at radius 2 is 1.65 bits per heavy atom. The lowest BCUT2D eigenvalue weighted by Crippen LogP contribution is -2.22. The van der Waals surface area contributed by atoms with Crippen molar-refractivity contribution in [3.8, 4) is 0 Å². The minimum Gasteiger partial charge on any atom is -0.478 e. The van der Waals surface area contributed by atoms with Crippen molar-refractivity contribution in [1.29, 1.82) is 0 Å². The van der Waals surface area contributed by atoms with Crippen LogP contribution >= 0.6 is 0 Å². The summed E-state index contributed by atoms with van der Waals surface area (Å²) < 4.78 is 0. The molecule has 1 aliphatic carbocycles. The lowest BCUT2D eigenvalue weighted by Gasteiger charge is -2.23. The van der Waals surface area contributed by atoms with Crippen LogP contribution in [0.3, 0.4) is 0 Å². The van der Waals surface area contributed by atoms with Crippen molar-refractivity contribution in [2.24, 2.45) is 0 Å². The van der Waals surface area contributed by atoms with Crippen molar-refractivity contribution in [1.82, 2.24) is 4.90 Å². The van der Waals surface area contributed by atoms with Crippen LogP contribution in [0.15, 0.2) is 18.2 Å². The van der Waals surface area contributed by atoms with Crippen LogP contribution in [0.2, 0.25) is 0 Å². The maximum atomic E-state index is 12.1. The predicted molar refractivity (Wildman–Crippen MR) is 77.2 cm³/mol. The molecule has 0 heterocycles. The zero-order valence-electron chi connectivity index (χ0n) is 12.1. The Morgan fingerprint density at radius 1 is 1.05 bits per heavy atom. The fraction of sp³-hybridized carbons (Fsp3) is 0.500. The molecule has 0 radical (unpaired) electrons. The van der Waals surface area contributed by atoms with Gasteiger partial charge >= 0.3 is 5.97 Å². The average Bonchev–Trinajstić information content (AvgIpc) is 2.46. The van der Waals surface area contributed by atoms with E-state index in [1.807, 2.05) is 6.07 Å². The van der Waals surface area contributed by atoms with Crippen LogP contribution in [0, 0.1) is 0 Å². The zero-order chi connectivity index (χ0) is 14.7. The Balaban J connectivity index is 2.40. The van der Waals surface area contributed by atoms with Gasteiger partial charge in [-0.05, 0) is 42.5 Å². The van der Waals surface area contributed by atoms with Gasteiger partial charge in [-0.3, -0.25) is 4.79 Å². The first-order valence-corrected chi connectivity index (χ1v) is 7.09. The standard InChI is InChI=1S/C16H21NO3/c1-17(2)15(18)13-8-12(9-14(10-13)16(19)20)11-6-4-3-5-7-11/h8-11H,3-7H2,1-2H3,(H,19,20). The summed E-state index contributed by atoms with van der Waals surface area (Å²) in [6.07, 6.45) is 5.77. The van der Waals surface area contributed by atoms with Crippen molar-refractivity contribution in [3.05, 3.63) is 34.9 Å². The first kappa shape index (κ1) is 14.6. The number of benzene rings is 1. The van der Waals surface area contributed by atoms with E-state index in [0.717, 1.165) is 18.4 Å². The van der Waals surface area contributed by atoms with Crippen molar-refractivity contribution in [3.63, 3.8) is 0 Å². The van der Waals surface area contributed by atoms with Gasteiger partial charge in [0.1, 0.15) is 0 Å². The van der Waals surface area contributed by atoms with Crippen molar-refractivity contribution < 1.29 is 14.7 Å². The molecule has 0 aromatic heterocycles. The summed E-state index contributed by atoms with van der Waals surface area (Å²) in [5.41, 5.74) is 1.67. The summed E-state index contributed by atoms with van der Waals surface area (Å²) in [7, 11) is 3.35. The quantitative estimate of drug-likeness (QED) is 0.922. The number of carboxylic acid groups (broad SMARTS) is 1. The normalized spacial score (nSPS) is 15.9. The van der Waals surface area contributed by atoms with Crippen LogP contribution in [0.25, 0.3) is 0 Å². The van der Waals surface area contributed by atoms with E-state index in [2.05, 4.69) is 0 Å². The third-order valence-corrected chi connectivity index (χ3v) is 3.93. The van der Waals surface area contributed by atoms with Gasteiger partial charge in [0.25, 0.3) is 5.91 Å². The summed E-state index contributed by atoms with van der Waals surface area (Å²) in [6, 6.07) is 5.06. The lowest BCUT2D eigenvalue weighted by atomic mass is 9.83. The molecule has 4 nitrogen and oxygen atoms in total. The monoisotopic (exact) mass is 275 g/mol. The second-order valence-electron chi connectivity index (χ2n) is 5.68. The molecule has 1 aromatic rings. The molecule has 1 amide bonds. The van der Waals surface area contributed by atoms with Crippen LogP contribution in [0.5, 0.6) is 0 Å². The van der Waals surface area contributed by atoms with E-state index in [1.54, 1.807) is 20.2 Å². The average molecular weight is 275 g/mol. The Kier molecular flexibility index (Phi) is 4.42. The van der Waals surface area contributed by atoms with Gasteiger partial charge in [0, 0.05) is 19.7 Å². The zero-order valence-corrected chi connectivity index (χ0v) is 12.1. The van der Waals surface area contributed by atoms with Crippen LogP contribution in [0.4, 0.5) is 0 Å². The van der Waals surface area contributed by atoms with Crippen LogP contribution in [-0.2, 0) is 0 Å². The van der Waals surface area contributed by atoms with E-state index >= 15 is 0 Å². The third-order valence-electron chi connectivity index (χ3n) is 3.93. The van der Waals surface area contributed by atoms with Gasteiger partial charge in [0.15, 0.2) is 0 Å². The minimum absolute atomic E-state index is 0.148. The Bertz CT molecular complexity index is 516. The number of amides is 1. The van der Waals surface area contributed by atoms with E-state index in [-0.39, 0.29) is 11.5 Å². The van der Waals surface area contributed by atoms with Gasteiger partial charge in [-0.25, -0.2) is 4.79 Å². The SMILES string of the molecule is CN(C)C(=O)c1cc(C(=O)O)cc(C2CCCCC2)c1. The Labute approximate surface area is 119 Å². The first-order chi connectivity index (χ1) is 9.49. The fourth-order valence-corrected chi connectivity index (χ4v) is 2.83. The molecule has 1 aromatic carbocycles. The molecular formula is C16H21NO3. The minimum atomic E-state index is -0.976. The molecule has 0 unspecified atom stereocenters. The van der Waals surface area contributed by atoms with Crippen LogP contribution in [0.1, 0.15) is 64.3 Å². The highest BCUT2D eigenvalue weighted by atomic mass is 16.4. The fourth-order valence-electron chi connectivity index (χ4n) is 2.83. The van der Waals surface area contributed by atoms with Gasteiger partial charge in [-0.2, -0.15) is 0 Å². The van der Waals surface area contributed by atoms with Crippen molar-refractivity contribution in [2.75, 3.05) is 14.1 Å². The number of carboxylic acids is 1. The number of rotatable bonds is 3. The molecule has 0 spiro atoms.